The first-order valence-corrected chi connectivity index (χ1v) is 5.95. The number of hydrogen-bond acceptors (Lipinski definition) is 3. The molecular weight excluding hydrogens is 434 g/mol. The molecule has 0 aliphatic carbocycles. The van der Waals surface area contributed by atoms with Crippen LogP contribution in [0.5, 0.6) is 0 Å². The number of ether oxygens (including phenoxy) is 2. The molecule has 0 fully saturated rings. The van der Waals surface area contributed by atoms with Gasteiger partial charge in [-0.2, -0.15) is 52.7 Å². The highest BCUT2D eigenvalue weighted by Gasteiger charge is 2.78. The molecule has 2 unspecified atom stereocenters. The van der Waals surface area contributed by atoms with Crippen molar-refractivity contribution >= 4 is 5.78 Å². The fourth-order valence-corrected chi connectivity index (χ4v) is 1.05. The lowest BCUT2D eigenvalue weighted by Crippen LogP contribution is -2.62. The molecule has 0 aliphatic heterocycles. The van der Waals surface area contributed by atoms with Crippen LogP contribution >= 0.6 is 0 Å². The first-order chi connectivity index (χ1) is 11.6. The number of hydrogen-bond donors (Lipinski definition) is 0. The van der Waals surface area contributed by atoms with Crippen molar-refractivity contribution in [2.45, 2.75) is 49.4 Å². The minimum absolute atomic E-state index is 0.111. The summed E-state index contributed by atoms with van der Waals surface area (Å²) in [5, 5.41) is 0. The maximum Gasteiger partial charge on any atom is 0.462 e. The molecule has 0 aromatic carbocycles. The Kier molecular flexibility index (Phi) is 6.84. The van der Waals surface area contributed by atoms with Crippen molar-refractivity contribution in [3.8, 4) is 0 Å². The fourth-order valence-electron chi connectivity index (χ4n) is 1.05. The summed E-state index contributed by atoms with van der Waals surface area (Å²) in [7, 11) is 0. The first-order valence-electron chi connectivity index (χ1n) is 5.95. The largest absolute Gasteiger partial charge is 0.462 e. The second-order valence-corrected chi connectivity index (χ2v) is 4.68. The third kappa shape index (κ3) is 4.72. The summed E-state index contributed by atoms with van der Waals surface area (Å²) in [4.78, 5) is 10.3. The highest BCUT2D eigenvalue weighted by Crippen LogP contribution is 2.51. The quantitative estimate of drug-likeness (QED) is 0.494. The second kappa shape index (κ2) is 7.21. The summed E-state index contributed by atoms with van der Waals surface area (Å²) in [5.74, 6) is -21.7. The zero-order chi connectivity index (χ0) is 22.3. The molecule has 0 radical (unpaired) electrons. The van der Waals surface area contributed by atoms with Gasteiger partial charge < -0.3 is 0 Å². The fraction of sp³-hybridized carbons (Fsp3) is 0.900. The first kappa shape index (κ1) is 25.6. The van der Waals surface area contributed by atoms with Crippen LogP contribution < -0.4 is 0 Å². The van der Waals surface area contributed by atoms with Crippen molar-refractivity contribution < 1.29 is 75.7 Å². The van der Waals surface area contributed by atoms with Crippen molar-refractivity contribution in [2.75, 3.05) is 6.67 Å². The lowest BCUT2D eigenvalue weighted by Gasteiger charge is -2.36. The summed E-state index contributed by atoms with van der Waals surface area (Å²) in [6.45, 7) is -3.80. The maximum absolute atomic E-state index is 13.5. The highest BCUT2D eigenvalue weighted by molar-refractivity contribution is 5.83. The number of rotatable bonds is 9. The normalized spacial score (nSPS) is 18.2. The monoisotopic (exact) mass is 440 g/mol. The van der Waals surface area contributed by atoms with Gasteiger partial charge in [0, 0.05) is 6.92 Å². The molecule has 0 N–H and O–H groups in total. The molecule has 0 aliphatic rings. The molecule has 0 saturated heterocycles. The summed E-state index contributed by atoms with van der Waals surface area (Å²) in [6.07, 6.45) is -25.9. The van der Waals surface area contributed by atoms with Gasteiger partial charge in [0.1, 0.15) is 0 Å². The van der Waals surface area contributed by atoms with Crippen molar-refractivity contribution in [2.24, 2.45) is 0 Å². The summed E-state index contributed by atoms with van der Waals surface area (Å²) in [6, 6.07) is 0. The van der Waals surface area contributed by atoms with Crippen LogP contribution in [0.1, 0.15) is 6.92 Å². The molecule has 2 atom stereocenters. The van der Waals surface area contributed by atoms with Gasteiger partial charge in [-0.05, 0) is 0 Å². The second-order valence-electron chi connectivity index (χ2n) is 4.68. The molecule has 0 rings (SSSR count). The van der Waals surface area contributed by atoms with Gasteiger partial charge >= 0.3 is 36.1 Å². The molecule has 0 aromatic rings. The van der Waals surface area contributed by atoms with Crippen LogP contribution in [0.15, 0.2) is 0 Å². The van der Waals surface area contributed by atoms with Gasteiger partial charge in [0.15, 0.2) is 6.67 Å². The van der Waals surface area contributed by atoms with Crippen LogP contribution in [-0.2, 0) is 14.3 Å². The van der Waals surface area contributed by atoms with E-state index in [1.54, 1.807) is 0 Å². The Labute approximate surface area is 139 Å². The third-order valence-corrected chi connectivity index (χ3v) is 2.62. The van der Waals surface area contributed by atoms with E-state index in [0.29, 0.717) is 0 Å². The van der Waals surface area contributed by atoms with Gasteiger partial charge in [-0.3, -0.25) is 14.3 Å². The average molecular weight is 440 g/mol. The predicted octanol–water partition coefficient (Wildman–Crippen LogP) is 4.56. The van der Waals surface area contributed by atoms with Gasteiger partial charge in [0.05, 0.1) is 0 Å². The van der Waals surface area contributed by atoms with Crippen molar-refractivity contribution in [3.05, 3.63) is 0 Å². The molecular formula is C10H6F14O3. The van der Waals surface area contributed by atoms with Crippen molar-refractivity contribution in [1.29, 1.82) is 0 Å². The van der Waals surface area contributed by atoms with Gasteiger partial charge in [-0.25, -0.2) is 8.78 Å². The van der Waals surface area contributed by atoms with Gasteiger partial charge in [0.2, 0.25) is 5.78 Å². The molecule has 162 valence electrons. The minimum Gasteiger partial charge on any atom is -0.293 e. The number of carbonyl (C=O) groups excluding carboxylic acids is 1. The zero-order valence-corrected chi connectivity index (χ0v) is 12.3. The Balaban J connectivity index is 5.85. The van der Waals surface area contributed by atoms with E-state index in [4.69, 9.17) is 0 Å². The van der Waals surface area contributed by atoms with Crippen LogP contribution in [0, 0.1) is 0 Å². The SMILES string of the molecule is CC(=O)C(F)(F)C(F)OC(F)(F)C(F)(CF)OC(F)(F)C(F)(F)C(F)(F)F. The summed E-state index contributed by atoms with van der Waals surface area (Å²) in [5.41, 5.74) is 0. The molecule has 0 spiro atoms. The Bertz CT molecular complexity index is 544. The zero-order valence-electron chi connectivity index (χ0n) is 12.3. The molecule has 0 amide bonds. The van der Waals surface area contributed by atoms with Crippen LogP contribution in [0.3, 0.4) is 0 Å². The number of halogens is 14. The van der Waals surface area contributed by atoms with Crippen LogP contribution in [-0.4, -0.2) is 54.9 Å². The number of ketones is 1. The van der Waals surface area contributed by atoms with Crippen molar-refractivity contribution in [1.82, 2.24) is 0 Å². The summed E-state index contributed by atoms with van der Waals surface area (Å²) >= 11 is 0. The van der Waals surface area contributed by atoms with E-state index < -0.39 is 54.9 Å². The Morgan fingerprint density at radius 1 is 0.852 bits per heavy atom. The van der Waals surface area contributed by atoms with E-state index in [0.717, 1.165) is 0 Å². The van der Waals surface area contributed by atoms with E-state index in [1.807, 2.05) is 4.74 Å². The Hall–Kier alpha value is -1.39. The lowest BCUT2D eigenvalue weighted by atomic mass is 10.2. The molecule has 17 heteroatoms. The van der Waals surface area contributed by atoms with E-state index in [-0.39, 0.29) is 6.92 Å². The number of alkyl halides is 14. The van der Waals surface area contributed by atoms with Gasteiger partial charge in [-0.15, -0.1) is 0 Å². The topological polar surface area (TPSA) is 35.5 Å². The van der Waals surface area contributed by atoms with Crippen LogP contribution in [0.4, 0.5) is 61.5 Å². The van der Waals surface area contributed by atoms with Crippen LogP contribution in [0.2, 0.25) is 0 Å². The Morgan fingerprint density at radius 2 is 1.26 bits per heavy atom. The average Bonchev–Trinajstić information content (AvgIpc) is 2.44. The molecule has 27 heavy (non-hydrogen) atoms. The molecule has 0 bridgehead atoms. The minimum atomic E-state index is -7.37. The highest BCUT2D eigenvalue weighted by atomic mass is 19.4. The molecule has 0 aromatic heterocycles. The molecule has 0 heterocycles. The standard InChI is InChI=1S/C10H6F14O3/c1-3(25)6(14,15)4(12)26-9(21,22)5(13,2-11)27-10(23,24)7(16,17)8(18,19)20/h4H,2H2,1H3. The van der Waals surface area contributed by atoms with E-state index >= 15 is 0 Å². The van der Waals surface area contributed by atoms with E-state index in [9.17, 15) is 66.3 Å². The van der Waals surface area contributed by atoms with Crippen LogP contribution in [0.25, 0.3) is 0 Å². The maximum atomic E-state index is 13.5. The number of carbonyl (C=O) groups is 1. The van der Waals surface area contributed by atoms with Gasteiger partial charge in [-0.1, -0.05) is 0 Å². The summed E-state index contributed by atoms with van der Waals surface area (Å²) < 4.78 is 181. The van der Waals surface area contributed by atoms with E-state index in [2.05, 4.69) is 4.74 Å². The van der Waals surface area contributed by atoms with Gasteiger partial charge in [0.25, 0.3) is 6.36 Å². The predicted molar refractivity (Wildman–Crippen MR) is 53.4 cm³/mol. The van der Waals surface area contributed by atoms with E-state index in [1.165, 1.54) is 0 Å². The third-order valence-electron chi connectivity index (χ3n) is 2.62. The number of Topliss-reactive ketones (excluding diaryl/α,β-unsaturated/α-hetero) is 1. The Morgan fingerprint density at radius 3 is 1.56 bits per heavy atom. The smallest absolute Gasteiger partial charge is 0.293 e. The molecule has 0 saturated carbocycles. The lowest BCUT2D eigenvalue weighted by molar-refractivity contribution is -0.503. The molecule has 3 nitrogen and oxygen atoms in total. The van der Waals surface area contributed by atoms with Crippen molar-refractivity contribution in [3.63, 3.8) is 0 Å².